The van der Waals surface area contributed by atoms with E-state index in [2.05, 4.69) is 31.2 Å². The third-order valence-electron chi connectivity index (χ3n) is 2.60. The lowest BCUT2D eigenvalue weighted by Gasteiger charge is -2.06. The summed E-state index contributed by atoms with van der Waals surface area (Å²) in [6, 6.07) is 8.44. The number of rotatable bonds is 5. The highest BCUT2D eigenvalue weighted by Gasteiger charge is 2.01. The zero-order chi connectivity index (χ0) is 10.4. The van der Waals surface area contributed by atoms with Crippen molar-refractivity contribution in [3.8, 4) is 0 Å². The summed E-state index contributed by atoms with van der Waals surface area (Å²) in [5, 5.41) is 0. The van der Waals surface area contributed by atoms with E-state index < -0.39 is 0 Å². The van der Waals surface area contributed by atoms with E-state index in [1.807, 2.05) is 6.92 Å². The Morgan fingerprint density at radius 1 is 1.36 bits per heavy atom. The van der Waals surface area contributed by atoms with Crippen LogP contribution in [0.25, 0.3) is 0 Å². The molecule has 1 atom stereocenters. The SMILES string of the molecule is Cc1ccccc1CCCC(C)C=O. The first kappa shape index (κ1) is 11.0. The minimum atomic E-state index is 0.207. The van der Waals surface area contributed by atoms with Gasteiger partial charge in [0.25, 0.3) is 0 Å². The molecule has 0 saturated heterocycles. The minimum absolute atomic E-state index is 0.207. The normalized spacial score (nSPS) is 12.4. The molecule has 0 radical (unpaired) electrons. The predicted octanol–water partition coefficient (Wildman–Crippen LogP) is 3.15. The maximum atomic E-state index is 10.4. The Kier molecular flexibility index (Phi) is 4.37. The number of aldehydes is 1. The monoisotopic (exact) mass is 190 g/mol. The van der Waals surface area contributed by atoms with Crippen molar-refractivity contribution in [2.45, 2.75) is 33.1 Å². The average molecular weight is 190 g/mol. The summed E-state index contributed by atoms with van der Waals surface area (Å²) >= 11 is 0. The van der Waals surface area contributed by atoms with Crippen LogP contribution in [0.2, 0.25) is 0 Å². The maximum Gasteiger partial charge on any atom is 0.122 e. The van der Waals surface area contributed by atoms with Crippen molar-refractivity contribution in [1.82, 2.24) is 0 Å². The fourth-order valence-electron chi connectivity index (χ4n) is 1.57. The topological polar surface area (TPSA) is 17.1 Å². The van der Waals surface area contributed by atoms with Crippen LogP contribution in [0.4, 0.5) is 0 Å². The van der Waals surface area contributed by atoms with Crippen molar-refractivity contribution in [3.05, 3.63) is 35.4 Å². The lowest BCUT2D eigenvalue weighted by atomic mass is 9.99. The Hall–Kier alpha value is -1.11. The molecule has 0 aliphatic heterocycles. The van der Waals surface area contributed by atoms with E-state index in [0.717, 1.165) is 25.5 Å². The molecule has 1 unspecified atom stereocenters. The van der Waals surface area contributed by atoms with Crippen LogP contribution in [0, 0.1) is 12.8 Å². The van der Waals surface area contributed by atoms with Crippen molar-refractivity contribution in [3.63, 3.8) is 0 Å². The first-order valence-electron chi connectivity index (χ1n) is 5.24. The number of carbonyl (C=O) groups excluding carboxylic acids is 1. The zero-order valence-electron chi connectivity index (χ0n) is 8.99. The van der Waals surface area contributed by atoms with E-state index in [1.165, 1.54) is 11.1 Å². The highest BCUT2D eigenvalue weighted by Crippen LogP contribution is 2.12. The Labute approximate surface area is 86.1 Å². The minimum Gasteiger partial charge on any atom is -0.303 e. The van der Waals surface area contributed by atoms with Crippen molar-refractivity contribution in [1.29, 1.82) is 0 Å². The summed E-state index contributed by atoms with van der Waals surface area (Å²) in [6.07, 6.45) is 4.23. The fourth-order valence-corrected chi connectivity index (χ4v) is 1.57. The zero-order valence-corrected chi connectivity index (χ0v) is 8.99. The summed E-state index contributed by atoms with van der Waals surface area (Å²) in [4.78, 5) is 10.4. The molecule has 0 aliphatic carbocycles. The quantitative estimate of drug-likeness (QED) is 0.652. The van der Waals surface area contributed by atoms with Crippen LogP contribution in [0.15, 0.2) is 24.3 Å². The molecule has 1 nitrogen and oxygen atoms in total. The largest absolute Gasteiger partial charge is 0.303 e. The molecular formula is C13H18O. The molecular weight excluding hydrogens is 172 g/mol. The summed E-state index contributed by atoms with van der Waals surface area (Å²) in [5.74, 6) is 0.207. The molecule has 0 spiro atoms. The maximum absolute atomic E-state index is 10.4. The van der Waals surface area contributed by atoms with Gasteiger partial charge in [-0.2, -0.15) is 0 Å². The van der Waals surface area contributed by atoms with Crippen molar-refractivity contribution in [2.75, 3.05) is 0 Å². The number of carbonyl (C=O) groups is 1. The van der Waals surface area contributed by atoms with Gasteiger partial charge in [0.05, 0.1) is 0 Å². The van der Waals surface area contributed by atoms with Crippen molar-refractivity contribution in [2.24, 2.45) is 5.92 Å². The van der Waals surface area contributed by atoms with Crippen LogP contribution in [-0.4, -0.2) is 6.29 Å². The molecule has 1 rings (SSSR count). The highest BCUT2D eigenvalue weighted by molar-refractivity contribution is 5.52. The molecule has 0 N–H and O–H groups in total. The Balaban J connectivity index is 2.38. The summed E-state index contributed by atoms with van der Waals surface area (Å²) in [5.41, 5.74) is 2.76. The van der Waals surface area contributed by atoms with Crippen molar-refractivity contribution >= 4 is 6.29 Å². The summed E-state index contributed by atoms with van der Waals surface area (Å²) < 4.78 is 0. The second-order valence-electron chi connectivity index (χ2n) is 3.93. The first-order valence-corrected chi connectivity index (χ1v) is 5.24. The lowest BCUT2D eigenvalue weighted by Crippen LogP contribution is -1.97. The third-order valence-corrected chi connectivity index (χ3v) is 2.60. The van der Waals surface area contributed by atoms with Gasteiger partial charge in [0.2, 0.25) is 0 Å². The van der Waals surface area contributed by atoms with Gasteiger partial charge in [0.15, 0.2) is 0 Å². The van der Waals surface area contributed by atoms with Gasteiger partial charge in [-0.1, -0.05) is 31.2 Å². The summed E-state index contributed by atoms with van der Waals surface area (Å²) in [7, 11) is 0. The van der Waals surface area contributed by atoms with Gasteiger partial charge in [-0.15, -0.1) is 0 Å². The van der Waals surface area contributed by atoms with Crippen LogP contribution in [0.3, 0.4) is 0 Å². The second-order valence-corrected chi connectivity index (χ2v) is 3.93. The molecule has 14 heavy (non-hydrogen) atoms. The third kappa shape index (κ3) is 3.33. The number of aryl methyl sites for hydroxylation is 2. The predicted molar refractivity (Wildman–Crippen MR) is 59.3 cm³/mol. The van der Waals surface area contributed by atoms with E-state index in [4.69, 9.17) is 0 Å². The molecule has 0 aromatic heterocycles. The number of hydrogen-bond donors (Lipinski definition) is 0. The van der Waals surface area contributed by atoms with Gasteiger partial charge in [0.1, 0.15) is 6.29 Å². The van der Waals surface area contributed by atoms with Gasteiger partial charge >= 0.3 is 0 Å². The molecule has 1 aromatic rings. The van der Waals surface area contributed by atoms with E-state index in [1.54, 1.807) is 0 Å². The van der Waals surface area contributed by atoms with Gasteiger partial charge in [0, 0.05) is 5.92 Å². The van der Waals surface area contributed by atoms with E-state index in [-0.39, 0.29) is 5.92 Å². The molecule has 0 amide bonds. The standard InChI is InChI=1S/C13H18O/c1-11(10-14)6-5-9-13-8-4-3-7-12(13)2/h3-4,7-8,10-11H,5-6,9H2,1-2H3. The molecule has 0 saturated carbocycles. The smallest absolute Gasteiger partial charge is 0.122 e. The lowest BCUT2D eigenvalue weighted by molar-refractivity contribution is -0.110. The molecule has 1 aromatic carbocycles. The number of hydrogen-bond acceptors (Lipinski definition) is 1. The first-order chi connectivity index (χ1) is 6.74. The van der Waals surface area contributed by atoms with Crippen LogP contribution in [0.5, 0.6) is 0 Å². The highest BCUT2D eigenvalue weighted by atomic mass is 16.1. The Bertz CT molecular complexity index is 291. The van der Waals surface area contributed by atoms with Gasteiger partial charge < -0.3 is 4.79 Å². The number of benzene rings is 1. The van der Waals surface area contributed by atoms with E-state index in [9.17, 15) is 4.79 Å². The van der Waals surface area contributed by atoms with Crippen LogP contribution in [0.1, 0.15) is 30.9 Å². The Morgan fingerprint density at radius 2 is 2.07 bits per heavy atom. The van der Waals surface area contributed by atoms with E-state index in [0.29, 0.717) is 0 Å². The van der Waals surface area contributed by atoms with Gasteiger partial charge in [-0.25, -0.2) is 0 Å². The van der Waals surface area contributed by atoms with Crippen LogP contribution in [-0.2, 0) is 11.2 Å². The molecule has 0 aliphatic rings. The molecule has 0 heterocycles. The summed E-state index contributed by atoms with van der Waals surface area (Å²) in [6.45, 7) is 4.11. The molecule has 1 heteroatoms. The average Bonchev–Trinajstić information content (AvgIpc) is 2.20. The molecule has 76 valence electrons. The van der Waals surface area contributed by atoms with Gasteiger partial charge in [-0.3, -0.25) is 0 Å². The fraction of sp³-hybridized carbons (Fsp3) is 0.462. The Morgan fingerprint density at radius 3 is 2.71 bits per heavy atom. The molecule has 0 bridgehead atoms. The van der Waals surface area contributed by atoms with Gasteiger partial charge in [-0.05, 0) is 37.3 Å². The molecule has 0 fully saturated rings. The van der Waals surface area contributed by atoms with Crippen molar-refractivity contribution < 1.29 is 4.79 Å². The van der Waals surface area contributed by atoms with E-state index >= 15 is 0 Å². The van der Waals surface area contributed by atoms with Crippen LogP contribution >= 0.6 is 0 Å². The van der Waals surface area contributed by atoms with Crippen LogP contribution < -0.4 is 0 Å². The second kappa shape index (κ2) is 5.58.